The molecular weight excluding hydrogens is 253 g/mol. The second kappa shape index (κ2) is 4.69. The number of anilines is 1. The smallest absolute Gasteiger partial charge is 0.453 e. The Bertz CT molecular complexity index is 463. The summed E-state index contributed by atoms with van der Waals surface area (Å²) in [6.07, 6.45) is -1.82. The zero-order valence-corrected chi connectivity index (χ0v) is 9.02. The summed E-state index contributed by atoms with van der Waals surface area (Å²) >= 11 is 0. The van der Waals surface area contributed by atoms with Gasteiger partial charge < -0.3 is 10.5 Å². The first-order valence-corrected chi connectivity index (χ1v) is 4.82. The molecule has 0 aromatic carbocycles. The summed E-state index contributed by atoms with van der Waals surface area (Å²) in [6.45, 7) is -0.858. The summed E-state index contributed by atoms with van der Waals surface area (Å²) in [5.41, 5.74) is 6.41. The van der Waals surface area contributed by atoms with E-state index in [9.17, 15) is 13.2 Å². The van der Waals surface area contributed by atoms with Crippen LogP contribution in [0.5, 0.6) is 0 Å². The summed E-state index contributed by atoms with van der Waals surface area (Å²) in [5.74, 6) is 0.153. The van der Waals surface area contributed by atoms with Gasteiger partial charge in [0.2, 0.25) is 5.90 Å². The molecule has 0 atom stereocenters. The van der Waals surface area contributed by atoms with E-state index in [1.807, 2.05) is 0 Å². The molecule has 0 unspecified atom stereocenters. The molecule has 18 heavy (non-hydrogen) atoms. The minimum absolute atomic E-state index is 0.125. The molecule has 2 heterocycles. The normalized spacial score (nSPS) is 15.5. The van der Waals surface area contributed by atoms with Crippen LogP contribution in [0.25, 0.3) is 0 Å². The Morgan fingerprint density at radius 1 is 1.44 bits per heavy atom. The third-order valence-electron chi connectivity index (χ3n) is 1.97. The first-order valence-electron chi connectivity index (χ1n) is 4.82. The van der Waals surface area contributed by atoms with E-state index >= 15 is 0 Å². The van der Waals surface area contributed by atoms with Gasteiger partial charge in [0.1, 0.15) is 6.73 Å². The molecule has 0 bridgehead atoms. The van der Waals surface area contributed by atoms with Crippen LogP contribution in [0.4, 0.5) is 18.9 Å². The average molecular weight is 262 g/mol. The zero-order valence-electron chi connectivity index (χ0n) is 9.02. The highest BCUT2D eigenvalue weighted by atomic mass is 19.4. The van der Waals surface area contributed by atoms with Crippen molar-refractivity contribution in [2.24, 2.45) is 5.10 Å². The molecule has 0 amide bonds. The van der Waals surface area contributed by atoms with Gasteiger partial charge in [-0.2, -0.15) is 0 Å². The molecule has 1 aromatic heterocycles. The van der Waals surface area contributed by atoms with Gasteiger partial charge >= 0.3 is 6.36 Å². The molecule has 0 saturated heterocycles. The lowest BCUT2D eigenvalue weighted by atomic mass is 10.2. The molecule has 0 saturated carbocycles. The molecule has 2 rings (SSSR count). The first-order chi connectivity index (χ1) is 8.44. The molecule has 1 aromatic rings. The van der Waals surface area contributed by atoms with E-state index in [4.69, 9.17) is 10.5 Å². The van der Waals surface area contributed by atoms with Gasteiger partial charge in [-0.25, -0.2) is 5.01 Å². The highest BCUT2D eigenvalue weighted by Gasteiger charge is 2.31. The SMILES string of the molecule is Nc1cncc(C2=NN(COC(F)(F)F)CO2)c1. The summed E-state index contributed by atoms with van der Waals surface area (Å²) in [5, 5.41) is 4.80. The molecule has 0 radical (unpaired) electrons. The van der Waals surface area contributed by atoms with Gasteiger partial charge in [0.05, 0.1) is 11.3 Å². The zero-order chi connectivity index (χ0) is 13.2. The Morgan fingerprint density at radius 2 is 2.22 bits per heavy atom. The Hall–Kier alpha value is -2.03. The number of hydrogen-bond donors (Lipinski definition) is 1. The van der Waals surface area contributed by atoms with Crippen molar-refractivity contribution >= 4 is 11.6 Å². The van der Waals surface area contributed by atoms with Crippen LogP contribution in [0.15, 0.2) is 23.6 Å². The average Bonchev–Trinajstić information content (AvgIpc) is 2.74. The number of rotatable bonds is 3. The third-order valence-corrected chi connectivity index (χ3v) is 1.97. The minimum Gasteiger partial charge on any atom is -0.453 e. The number of nitrogen functional groups attached to an aromatic ring is 1. The number of aromatic nitrogens is 1. The predicted molar refractivity (Wildman–Crippen MR) is 55.0 cm³/mol. The second-order valence-corrected chi connectivity index (χ2v) is 3.41. The van der Waals surface area contributed by atoms with Gasteiger partial charge in [0.25, 0.3) is 0 Å². The van der Waals surface area contributed by atoms with E-state index in [0.29, 0.717) is 11.3 Å². The molecule has 0 fully saturated rings. The number of pyridine rings is 1. The first kappa shape index (κ1) is 12.4. The van der Waals surface area contributed by atoms with Crippen molar-refractivity contribution in [2.45, 2.75) is 6.36 Å². The van der Waals surface area contributed by atoms with Gasteiger partial charge in [-0.1, -0.05) is 0 Å². The standard InChI is InChI=1S/C9H9F3N4O2/c10-9(11,12)18-5-16-4-17-8(15-16)6-1-7(13)3-14-2-6/h1-3H,4-5,13H2. The fraction of sp³-hybridized carbons (Fsp3) is 0.333. The quantitative estimate of drug-likeness (QED) is 0.883. The van der Waals surface area contributed by atoms with Crippen molar-refractivity contribution in [2.75, 3.05) is 19.2 Å². The fourth-order valence-corrected chi connectivity index (χ4v) is 1.25. The van der Waals surface area contributed by atoms with Crippen molar-refractivity contribution in [3.63, 3.8) is 0 Å². The van der Waals surface area contributed by atoms with Gasteiger partial charge in [0, 0.05) is 12.4 Å². The highest BCUT2D eigenvalue weighted by molar-refractivity contribution is 5.94. The van der Waals surface area contributed by atoms with Gasteiger partial charge in [-0.15, -0.1) is 18.3 Å². The molecule has 6 nitrogen and oxygen atoms in total. The maximum Gasteiger partial charge on any atom is 0.524 e. The predicted octanol–water partition coefficient (Wildman–Crippen LogP) is 1.11. The van der Waals surface area contributed by atoms with Crippen LogP contribution in [0.1, 0.15) is 5.56 Å². The molecule has 1 aliphatic rings. The van der Waals surface area contributed by atoms with Crippen LogP contribution < -0.4 is 5.73 Å². The Balaban J connectivity index is 2.00. The molecule has 2 N–H and O–H groups in total. The molecular formula is C9H9F3N4O2. The summed E-state index contributed by atoms with van der Waals surface area (Å²) in [6, 6.07) is 1.56. The van der Waals surface area contributed by atoms with Gasteiger partial charge in [0.15, 0.2) is 6.73 Å². The summed E-state index contributed by atoms with van der Waals surface area (Å²) < 4.78 is 44.2. The van der Waals surface area contributed by atoms with E-state index in [0.717, 1.165) is 5.01 Å². The van der Waals surface area contributed by atoms with Crippen molar-refractivity contribution in [3.05, 3.63) is 24.0 Å². The monoisotopic (exact) mass is 262 g/mol. The van der Waals surface area contributed by atoms with Crippen LogP contribution in [0.2, 0.25) is 0 Å². The van der Waals surface area contributed by atoms with E-state index in [1.165, 1.54) is 12.4 Å². The topological polar surface area (TPSA) is 73.0 Å². The maximum absolute atomic E-state index is 11.8. The summed E-state index contributed by atoms with van der Waals surface area (Å²) in [4.78, 5) is 3.82. The van der Waals surface area contributed by atoms with Crippen molar-refractivity contribution in [1.29, 1.82) is 0 Å². The lowest BCUT2D eigenvalue weighted by molar-refractivity contribution is -0.337. The van der Waals surface area contributed by atoms with E-state index < -0.39 is 13.1 Å². The lowest BCUT2D eigenvalue weighted by Gasteiger charge is -2.12. The maximum atomic E-state index is 11.8. The van der Waals surface area contributed by atoms with Gasteiger partial charge in [-0.05, 0) is 6.07 Å². The Labute approximate surface area is 99.8 Å². The molecule has 9 heteroatoms. The number of hydrazone groups is 1. The Morgan fingerprint density at radius 3 is 2.89 bits per heavy atom. The van der Waals surface area contributed by atoms with Crippen molar-refractivity contribution < 1.29 is 22.6 Å². The van der Waals surface area contributed by atoms with Crippen LogP contribution in [0, 0.1) is 0 Å². The minimum atomic E-state index is -4.70. The van der Waals surface area contributed by atoms with Crippen LogP contribution >= 0.6 is 0 Å². The van der Waals surface area contributed by atoms with E-state index in [-0.39, 0.29) is 12.6 Å². The van der Waals surface area contributed by atoms with Crippen LogP contribution in [0.3, 0.4) is 0 Å². The van der Waals surface area contributed by atoms with E-state index in [2.05, 4.69) is 14.8 Å². The molecule has 1 aliphatic heterocycles. The largest absolute Gasteiger partial charge is 0.524 e. The van der Waals surface area contributed by atoms with Crippen molar-refractivity contribution in [1.82, 2.24) is 9.99 Å². The molecule has 98 valence electrons. The third kappa shape index (κ3) is 3.23. The Kier molecular flexibility index (Phi) is 3.24. The number of nitrogens with zero attached hydrogens (tertiary/aromatic N) is 3. The number of nitrogens with two attached hydrogens (primary N) is 1. The van der Waals surface area contributed by atoms with E-state index in [1.54, 1.807) is 6.07 Å². The van der Waals surface area contributed by atoms with Crippen LogP contribution in [-0.4, -0.2) is 35.7 Å². The number of halogens is 3. The molecule has 0 aliphatic carbocycles. The molecule has 0 spiro atoms. The second-order valence-electron chi connectivity index (χ2n) is 3.41. The fourth-order valence-electron chi connectivity index (χ4n) is 1.25. The van der Waals surface area contributed by atoms with Gasteiger partial charge in [-0.3, -0.25) is 9.72 Å². The number of alkyl halides is 3. The van der Waals surface area contributed by atoms with Crippen LogP contribution in [-0.2, 0) is 9.47 Å². The number of hydrogen-bond acceptors (Lipinski definition) is 6. The summed E-state index contributed by atoms with van der Waals surface area (Å²) in [7, 11) is 0. The van der Waals surface area contributed by atoms with Crippen molar-refractivity contribution in [3.8, 4) is 0 Å². The lowest BCUT2D eigenvalue weighted by Crippen LogP contribution is -2.25. The highest BCUT2D eigenvalue weighted by Crippen LogP contribution is 2.18. The number of ether oxygens (including phenoxy) is 2.